The van der Waals surface area contributed by atoms with E-state index in [0.717, 1.165) is 0 Å². The van der Waals surface area contributed by atoms with E-state index in [0.29, 0.717) is 16.5 Å². The number of rotatable bonds is 2. The fraction of sp³-hybridized carbons (Fsp3) is 0.0526. The van der Waals surface area contributed by atoms with Gasteiger partial charge in [0.15, 0.2) is 0 Å². The van der Waals surface area contributed by atoms with Gasteiger partial charge in [-0.3, -0.25) is 14.9 Å². The number of fused-ring (bicyclic) bond motifs is 3. The van der Waals surface area contributed by atoms with E-state index in [1.54, 1.807) is 24.3 Å². The van der Waals surface area contributed by atoms with Crippen molar-refractivity contribution in [2.45, 2.75) is 5.92 Å². The second kappa shape index (κ2) is 6.00. The Kier molecular flexibility index (Phi) is 3.63. The van der Waals surface area contributed by atoms with Gasteiger partial charge < -0.3 is 15.5 Å². The Bertz CT molecular complexity index is 1220. The van der Waals surface area contributed by atoms with E-state index >= 15 is 0 Å². The highest BCUT2D eigenvalue weighted by Crippen LogP contribution is 2.43. The number of hydrogen-bond acceptors (Lipinski definition) is 6. The van der Waals surface area contributed by atoms with Gasteiger partial charge in [-0.1, -0.05) is 24.3 Å². The smallest absolute Gasteiger partial charge is 0.269 e. The van der Waals surface area contributed by atoms with Gasteiger partial charge in [0.05, 0.1) is 21.9 Å². The summed E-state index contributed by atoms with van der Waals surface area (Å²) in [5.41, 5.74) is 6.90. The summed E-state index contributed by atoms with van der Waals surface area (Å²) in [7, 11) is 0. The molecule has 4 rings (SSSR count). The first-order valence-corrected chi connectivity index (χ1v) is 7.98. The van der Waals surface area contributed by atoms with Crippen molar-refractivity contribution in [1.82, 2.24) is 4.98 Å². The molecule has 0 bridgehead atoms. The number of aromatic nitrogens is 1. The second-order valence-corrected chi connectivity index (χ2v) is 6.02. The summed E-state index contributed by atoms with van der Waals surface area (Å²) in [6.07, 6.45) is 0. The fourth-order valence-electron chi connectivity index (χ4n) is 3.29. The third kappa shape index (κ3) is 2.49. The first kappa shape index (κ1) is 16.4. The maximum atomic E-state index is 12.8. The number of aromatic amines is 1. The minimum absolute atomic E-state index is 0.0807. The molecule has 132 valence electrons. The molecule has 0 radical (unpaired) electrons. The minimum Gasteiger partial charge on any atom is -0.439 e. The molecule has 0 saturated heterocycles. The molecule has 1 atom stereocenters. The Morgan fingerprint density at radius 1 is 1.19 bits per heavy atom. The van der Waals surface area contributed by atoms with E-state index in [4.69, 9.17) is 10.5 Å². The number of nitro groups is 1. The highest BCUT2D eigenvalue weighted by atomic mass is 16.6. The Balaban J connectivity index is 2.01. The third-order valence-electron chi connectivity index (χ3n) is 4.52. The van der Waals surface area contributed by atoms with Crippen LogP contribution in [0.5, 0.6) is 5.75 Å². The van der Waals surface area contributed by atoms with Crippen LogP contribution in [0.15, 0.2) is 64.8 Å². The van der Waals surface area contributed by atoms with Gasteiger partial charge in [-0.25, -0.2) is 0 Å². The average molecular weight is 360 g/mol. The summed E-state index contributed by atoms with van der Waals surface area (Å²) in [5.74, 6) is -0.591. The van der Waals surface area contributed by atoms with Gasteiger partial charge >= 0.3 is 0 Å². The summed E-state index contributed by atoms with van der Waals surface area (Å²) in [6, 6.07) is 14.8. The molecular formula is C19H12N4O4. The highest BCUT2D eigenvalue weighted by Gasteiger charge is 2.34. The first-order chi connectivity index (χ1) is 13.0. The molecule has 0 unspecified atom stereocenters. The number of allylic oxidation sites excluding steroid dienone is 1. The molecule has 8 heteroatoms. The van der Waals surface area contributed by atoms with Crippen molar-refractivity contribution >= 4 is 16.6 Å². The number of non-ortho nitro benzene ring substituents is 1. The normalized spacial score (nSPS) is 15.7. The van der Waals surface area contributed by atoms with Crippen LogP contribution in [0.25, 0.3) is 10.9 Å². The van der Waals surface area contributed by atoms with E-state index in [9.17, 15) is 20.2 Å². The number of benzene rings is 2. The molecule has 8 nitrogen and oxygen atoms in total. The van der Waals surface area contributed by atoms with Gasteiger partial charge in [0.25, 0.3) is 11.2 Å². The van der Waals surface area contributed by atoms with Crippen LogP contribution in [-0.2, 0) is 0 Å². The van der Waals surface area contributed by atoms with E-state index in [1.807, 2.05) is 6.07 Å². The Morgan fingerprint density at radius 3 is 2.56 bits per heavy atom. The summed E-state index contributed by atoms with van der Waals surface area (Å²) in [4.78, 5) is 26.0. The number of nitrogens with zero attached hydrogens (tertiary/aromatic N) is 2. The molecule has 27 heavy (non-hydrogen) atoms. The maximum Gasteiger partial charge on any atom is 0.269 e. The lowest BCUT2D eigenvalue weighted by atomic mass is 9.83. The van der Waals surface area contributed by atoms with Gasteiger partial charge in [-0.2, -0.15) is 5.26 Å². The number of nitrogens with one attached hydrogen (secondary N) is 1. The van der Waals surface area contributed by atoms with Crippen molar-refractivity contribution in [2.24, 2.45) is 5.73 Å². The zero-order valence-corrected chi connectivity index (χ0v) is 13.8. The largest absolute Gasteiger partial charge is 0.439 e. The van der Waals surface area contributed by atoms with Gasteiger partial charge in [-0.15, -0.1) is 0 Å². The quantitative estimate of drug-likeness (QED) is 0.533. The van der Waals surface area contributed by atoms with Crippen molar-refractivity contribution in [1.29, 1.82) is 5.26 Å². The van der Waals surface area contributed by atoms with Crippen LogP contribution < -0.4 is 16.0 Å². The molecule has 2 aromatic carbocycles. The van der Waals surface area contributed by atoms with Crippen LogP contribution in [0.3, 0.4) is 0 Å². The summed E-state index contributed by atoms with van der Waals surface area (Å²) < 4.78 is 5.65. The van der Waals surface area contributed by atoms with Crippen molar-refractivity contribution in [3.8, 4) is 11.8 Å². The number of H-pyrrole nitrogens is 1. The molecule has 1 aliphatic rings. The SMILES string of the molecule is N#CC1=C(N)Oc2c(c(=O)[nH]c3ccccc23)[C@H]1c1ccc([N+](=O)[O-])cc1. The van der Waals surface area contributed by atoms with Crippen LogP contribution in [0.1, 0.15) is 17.0 Å². The second-order valence-electron chi connectivity index (χ2n) is 6.02. The maximum absolute atomic E-state index is 12.8. The van der Waals surface area contributed by atoms with E-state index in [1.165, 1.54) is 24.3 Å². The molecule has 3 aromatic rings. The van der Waals surface area contributed by atoms with E-state index < -0.39 is 16.4 Å². The monoisotopic (exact) mass is 360 g/mol. The Morgan fingerprint density at radius 2 is 1.89 bits per heavy atom. The van der Waals surface area contributed by atoms with Crippen molar-refractivity contribution < 1.29 is 9.66 Å². The number of nitrogens with two attached hydrogens (primary N) is 1. The van der Waals surface area contributed by atoms with E-state index in [2.05, 4.69) is 4.98 Å². The zero-order chi connectivity index (χ0) is 19.1. The van der Waals surface area contributed by atoms with Crippen LogP contribution in [-0.4, -0.2) is 9.91 Å². The Labute approximate surface area is 152 Å². The zero-order valence-electron chi connectivity index (χ0n) is 13.8. The molecule has 3 N–H and O–H groups in total. The molecule has 0 saturated carbocycles. The standard InChI is InChI=1S/C19H12N4O4/c20-9-13-15(10-5-7-11(8-6-10)23(25)26)16-17(27-18(13)21)12-3-1-2-4-14(12)22-19(16)24/h1-8,15H,21H2,(H,22,24)/t15-/m0/s1. The lowest BCUT2D eigenvalue weighted by Crippen LogP contribution is -2.27. The average Bonchev–Trinajstić information content (AvgIpc) is 2.67. The Hall–Kier alpha value is -4.12. The fourth-order valence-corrected chi connectivity index (χ4v) is 3.29. The minimum atomic E-state index is -0.784. The van der Waals surface area contributed by atoms with Crippen molar-refractivity contribution in [3.63, 3.8) is 0 Å². The molecule has 1 aromatic heterocycles. The van der Waals surface area contributed by atoms with Gasteiger partial charge in [0.1, 0.15) is 17.4 Å². The van der Waals surface area contributed by atoms with Crippen molar-refractivity contribution in [3.05, 3.63) is 91.6 Å². The van der Waals surface area contributed by atoms with Crippen LogP contribution in [0.2, 0.25) is 0 Å². The predicted octanol–water partition coefficient (Wildman–Crippen LogP) is 2.65. The molecule has 0 amide bonds. The van der Waals surface area contributed by atoms with E-state index in [-0.39, 0.29) is 28.5 Å². The van der Waals surface area contributed by atoms with Crippen LogP contribution in [0, 0.1) is 21.4 Å². The van der Waals surface area contributed by atoms with Gasteiger partial charge in [0, 0.05) is 17.5 Å². The molecular weight excluding hydrogens is 348 g/mol. The highest BCUT2D eigenvalue weighted by molar-refractivity contribution is 5.87. The van der Waals surface area contributed by atoms with Crippen molar-refractivity contribution in [2.75, 3.05) is 0 Å². The molecule has 0 spiro atoms. The summed E-state index contributed by atoms with van der Waals surface area (Å²) >= 11 is 0. The number of nitriles is 1. The number of para-hydroxylation sites is 1. The lowest BCUT2D eigenvalue weighted by Gasteiger charge is -2.26. The molecule has 2 heterocycles. The lowest BCUT2D eigenvalue weighted by molar-refractivity contribution is -0.384. The van der Waals surface area contributed by atoms with Gasteiger partial charge in [0.2, 0.25) is 5.88 Å². The molecule has 1 aliphatic heterocycles. The number of nitro benzene ring substituents is 1. The van der Waals surface area contributed by atoms with Crippen LogP contribution in [0.4, 0.5) is 5.69 Å². The van der Waals surface area contributed by atoms with Gasteiger partial charge in [-0.05, 0) is 17.7 Å². The predicted molar refractivity (Wildman–Crippen MR) is 97.0 cm³/mol. The number of pyridine rings is 1. The topological polar surface area (TPSA) is 135 Å². The first-order valence-electron chi connectivity index (χ1n) is 7.98. The summed E-state index contributed by atoms with van der Waals surface area (Å²) in [6.45, 7) is 0. The molecule has 0 aliphatic carbocycles. The van der Waals surface area contributed by atoms with Crippen LogP contribution >= 0.6 is 0 Å². The summed E-state index contributed by atoms with van der Waals surface area (Å²) in [5, 5.41) is 21.1. The number of hydrogen-bond donors (Lipinski definition) is 2. The molecule has 0 fully saturated rings. The third-order valence-corrected chi connectivity index (χ3v) is 4.52. The number of ether oxygens (including phenoxy) is 1.